The number of benzene rings is 1. The quantitative estimate of drug-likeness (QED) is 0.790. The molecule has 0 radical (unpaired) electrons. The van der Waals surface area contributed by atoms with Crippen molar-refractivity contribution in [3.8, 4) is 0 Å². The van der Waals surface area contributed by atoms with Gasteiger partial charge < -0.3 is 9.64 Å². The molecule has 0 N–H and O–H groups in total. The summed E-state index contributed by atoms with van der Waals surface area (Å²) >= 11 is 0. The van der Waals surface area contributed by atoms with Gasteiger partial charge in [-0.15, -0.1) is 0 Å². The molecular weight excluding hydrogens is 314 g/mol. The molecule has 4 nitrogen and oxygen atoms in total. The molecule has 25 heavy (non-hydrogen) atoms. The molecule has 1 aliphatic heterocycles. The molecule has 0 bridgehead atoms. The Morgan fingerprint density at radius 2 is 2.08 bits per heavy atom. The van der Waals surface area contributed by atoms with E-state index in [1.807, 2.05) is 11.9 Å². The Kier molecular flexibility index (Phi) is 4.09. The van der Waals surface area contributed by atoms with Crippen molar-refractivity contribution >= 4 is 11.9 Å². The fourth-order valence-electron chi connectivity index (χ4n) is 4.78. The van der Waals surface area contributed by atoms with Gasteiger partial charge in [-0.25, -0.2) is 0 Å². The number of aryl methyl sites for hydroxylation is 1. The number of rotatable bonds is 4. The number of hydrogen-bond acceptors (Lipinski definition) is 3. The smallest absolute Gasteiger partial charge is 0.306 e. The van der Waals surface area contributed by atoms with Crippen molar-refractivity contribution in [3.63, 3.8) is 0 Å². The lowest BCUT2D eigenvalue weighted by Gasteiger charge is -2.47. The molecule has 1 saturated heterocycles. The summed E-state index contributed by atoms with van der Waals surface area (Å²) in [6.45, 7) is 2.70. The largest absolute Gasteiger partial charge is 0.465 e. The standard InChI is InChI=1S/C21H27NO3/c1-3-14-5-4-6-15(7-14)16-8-18(9-16)22(2)20(24)17-10-21(11-17)12-19(23)25-13-21/h4-7,16-18H,3,8-13H2,1-2H3. The van der Waals surface area contributed by atoms with Gasteiger partial charge in [0, 0.05) is 24.4 Å². The lowest BCUT2D eigenvalue weighted by molar-refractivity contribution is -0.146. The first-order valence-corrected chi connectivity index (χ1v) is 9.51. The zero-order valence-corrected chi connectivity index (χ0v) is 15.2. The molecule has 0 atom stereocenters. The maximum atomic E-state index is 12.7. The number of amides is 1. The third kappa shape index (κ3) is 2.96. The monoisotopic (exact) mass is 341 g/mol. The number of ether oxygens (including phenoxy) is 1. The maximum Gasteiger partial charge on any atom is 0.306 e. The van der Waals surface area contributed by atoms with Gasteiger partial charge in [-0.2, -0.15) is 0 Å². The van der Waals surface area contributed by atoms with Crippen LogP contribution < -0.4 is 0 Å². The summed E-state index contributed by atoms with van der Waals surface area (Å²) in [7, 11) is 1.95. The van der Waals surface area contributed by atoms with E-state index >= 15 is 0 Å². The van der Waals surface area contributed by atoms with Crippen LogP contribution in [-0.4, -0.2) is 36.5 Å². The van der Waals surface area contributed by atoms with E-state index < -0.39 is 0 Å². The normalized spacial score (nSPS) is 33.5. The zero-order valence-electron chi connectivity index (χ0n) is 15.2. The van der Waals surface area contributed by atoms with Crippen molar-refractivity contribution < 1.29 is 14.3 Å². The first-order chi connectivity index (χ1) is 12.0. The molecule has 2 aliphatic carbocycles. The van der Waals surface area contributed by atoms with Gasteiger partial charge >= 0.3 is 5.97 Å². The van der Waals surface area contributed by atoms with E-state index in [1.54, 1.807) is 0 Å². The van der Waals surface area contributed by atoms with Crippen LogP contribution in [0.5, 0.6) is 0 Å². The number of cyclic esters (lactones) is 1. The van der Waals surface area contributed by atoms with Gasteiger partial charge in [0.05, 0.1) is 13.0 Å². The molecule has 1 aromatic carbocycles. The van der Waals surface area contributed by atoms with Crippen LogP contribution in [0.1, 0.15) is 56.1 Å². The summed E-state index contributed by atoms with van der Waals surface area (Å²) in [5.74, 6) is 0.827. The van der Waals surface area contributed by atoms with Gasteiger partial charge in [0.15, 0.2) is 0 Å². The summed E-state index contributed by atoms with van der Waals surface area (Å²) < 4.78 is 5.10. The highest BCUT2D eigenvalue weighted by Gasteiger charge is 2.53. The molecule has 134 valence electrons. The van der Waals surface area contributed by atoms with Crippen LogP contribution in [0, 0.1) is 11.3 Å². The molecule has 1 spiro atoms. The number of carbonyl (C=O) groups is 2. The number of hydrogen-bond donors (Lipinski definition) is 0. The van der Waals surface area contributed by atoms with E-state index in [9.17, 15) is 9.59 Å². The Bertz CT molecular complexity index is 686. The van der Waals surface area contributed by atoms with Crippen molar-refractivity contribution in [2.45, 2.75) is 57.4 Å². The SMILES string of the molecule is CCc1cccc(C2CC(N(C)C(=O)C3CC4(COC(=O)C4)C3)C2)c1. The summed E-state index contributed by atoms with van der Waals surface area (Å²) in [6.07, 6.45) is 5.33. The van der Waals surface area contributed by atoms with Crippen molar-refractivity contribution in [2.24, 2.45) is 11.3 Å². The van der Waals surface area contributed by atoms with E-state index in [0.717, 1.165) is 32.1 Å². The van der Waals surface area contributed by atoms with Crippen LogP contribution in [0.3, 0.4) is 0 Å². The minimum absolute atomic E-state index is 0.0268. The predicted molar refractivity (Wildman–Crippen MR) is 95.1 cm³/mol. The van der Waals surface area contributed by atoms with Gasteiger partial charge in [0.25, 0.3) is 0 Å². The molecule has 0 aromatic heterocycles. The van der Waals surface area contributed by atoms with Gasteiger partial charge in [0.1, 0.15) is 0 Å². The summed E-state index contributed by atoms with van der Waals surface area (Å²) in [5, 5.41) is 0. The maximum absolute atomic E-state index is 12.7. The molecule has 1 aromatic rings. The minimum atomic E-state index is -0.101. The zero-order chi connectivity index (χ0) is 17.6. The molecule has 4 heteroatoms. The first-order valence-electron chi connectivity index (χ1n) is 9.51. The van der Waals surface area contributed by atoms with E-state index in [-0.39, 0.29) is 23.2 Å². The topological polar surface area (TPSA) is 46.6 Å². The van der Waals surface area contributed by atoms with E-state index in [1.165, 1.54) is 11.1 Å². The molecule has 3 aliphatic rings. The third-order valence-corrected chi connectivity index (χ3v) is 6.61. The Morgan fingerprint density at radius 1 is 1.32 bits per heavy atom. The molecule has 3 fully saturated rings. The van der Waals surface area contributed by atoms with Crippen LogP contribution in [0.15, 0.2) is 24.3 Å². The van der Waals surface area contributed by atoms with Crippen molar-refractivity contribution in [2.75, 3.05) is 13.7 Å². The highest BCUT2D eigenvalue weighted by molar-refractivity contribution is 5.81. The fourth-order valence-corrected chi connectivity index (χ4v) is 4.78. The predicted octanol–water partition coefficient (Wildman–Crippen LogP) is 3.30. The summed E-state index contributed by atoms with van der Waals surface area (Å²) in [5.41, 5.74) is 2.78. The summed E-state index contributed by atoms with van der Waals surface area (Å²) in [6, 6.07) is 9.22. The molecule has 2 saturated carbocycles. The minimum Gasteiger partial charge on any atom is -0.465 e. The van der Waals surface area contributed by atoms with Gasteiger partial charge in [-0.1, -0.05) is 31.2 Å². The van der Waals surface area contributed by atoms with E-state index in [2.05, 4.69) is 31.2 Å². The van der Waals surface area contributed by atoms with Crippen LogP contribution >= 0.6 is 0 Å². The second-order valence-electron chi connectivity index (χ2n) is 8.31. The third-order valence-electron chi connectivity index (χ3n) is 6.61. The number of esters is 1. The number of nitrogens with zero attached hydrogens (tertiary/aromatic N) is 1. The Morgan fingerprint density at radius 3 is 2.72 bits per heavy atom. The van der Waals surface area contributed by atoms with Gasteiger partial charge in [-0.3, -0.25) is 9.59 Å². The Balaban J connectivity index is 1.29. The molecular formula is C21H27NO3. The second-order valence-corrected chi connectivity index (χ2v) is 8.31. The Labute approximate surface area is 149 Å². The average Bonchev–Trinajstić information content (AvgIpc) is 2.94. The molecule has 1 heterocycles. The van der Waals surface area contributed by atoms with Crippen molar-refractivity contribution in [3.05, 3.63) is 35.4 Å². The van der Waals surface area contributed by atoms with Crippen molar-refractivity contribution in [1.82, 2.24) is 4.90 Å². The second kappa shape index (κ2) is 6.15. The lowest BCUT2D eigenvalue weighted by atomic mass is 9.61. The molecule has 0 unspecified atom stereocenters. The lowest BCUT2D eigenvalue weighted by Crippen LogP contribution is -2.51. The van der Waals surface area contributed by atoms with Crippen LogP contribution in [0.2, 0.25) is 0 Å². The van der Waals surface area contributed by atoms with Crippen molar-refractivity contribution in [1.29, 1.82) is 0 Å². The highest BCUT2D eigenvalue weighted by Crippen LogP contribution is 2.52. The molecule has 4 rings (SSSR count). The van der Waals surface area contributed by atoms with Crippen LogP contribution in [-0.2, 0) is 20.7 Å². The van der Waals surface area contributed by atoms with Gasteiger partial charge in [0.2, 0.25) is 5.91 Å². The summed E-state index contributed by atoms with van der Waals surface area (Å²) in [4.78, 5) is 26.0. The van der Waals surface area contributed by atoms with Crippen LogP contribution in [0.25, 0.3) is 0 Å². The fraction of sp³-hybridized carbons (Fsp3) is 0.619. The highest BCUT2D eigenvalue weighted by atomic mass is 16.5. The van der Waals surface area contributed by atoms with E-state index in [0.29, 0.717) is 25.0 Å². The van der Waals surface area contributed by atoms with E-state index in [4.69, 9.17) is 4.74 Å². The van der Waals surface area contributed by atoms with Gasteiger partial charge in [-0.05, 0) is 49.1 Å². The first kappa shape index (κ1) is 16.6. The number of carbonyl (C=O) groups excluding carboxylic acids is 2. The molecule has 1 amide bonds. The van der Waals surface area contributed by atoms with Crippen LogP contribution in [0.4, 0.5) is 0 Å². The average molecular weight is 341 g/mol. The Hall–Kier alpha value is -1.84.